The lowest BCUT2D eigenvalue weighted by molar-refractivity contribution is 0.299. The van der Waals surface area contributed by atoms with Crippen LogP contribution in [0.15, 0.2) is 57.9 Å². The Morgan fingerprint density at radius 1 is 1.21 bits per heavy atom. The van der Waals surface area contributed by atoms with E-state index in [0.717, 1.165) is 37.1 Å². The lowest BCUT2D eigenvalue weighted by atomic mass is 9.82. The van der Waals surface area contributed by atoms with Gasteiger partial charge < -0.3 is 14.1 Å². The Balaban J connectivity index is 1.42. The number of fused-ring (bicyclic) bond motifs is 2. The van der Waals surface area contributed by atoms with E-state index in [9.17, 15) is 4.79 Å². The molecule has 0 spiro atoms. The summed E-state index contributed by atoms with van der Waals surface area (Å²) in [5.41, 5.74) is 3.82. The molecule has 1 atom stereocenters. The maximum absolute atomic E-state index is 11.7. The van der Waals surface area contributed by atoms with Gasteiger partial charge in [0, 0.05) is 13.1 Å². The Labute approximate surface area is 165 Å². The van der Waals surface area contributed by atoms with E-state index >= 15 is 0 Å². The van der Waals surface area contributed by atoms with Crippen LogP contribution in [0.1, 0.15) is 35.4 Å². The van der Waals surface area contributed by atoms with Crippen LogP contribution < -0.4 is 10.4 Å². The molecule has 4 rings (SSSR count). The van der Waals surface area contributed by atoms with E-state index < -0.39 is 0 Å². The molecule has 0 amide bonds. The zero-order valence-electron chi connectivity index (χ0n) is 16.6. The smallest absolute Gasteiger partial charge is 0.343 e. The van der Waals surface area contributed by atoms with Crippen molar-refractivity contribution in [2.75, 3.05) is 27.2 Å². The van der Waals surface area contributed by atoms with Crippen molar-refractivity contribution in [2.24, 2.45) is 0 Å². The number of nitrogens with zero attached hydrogens (tertiary/aromatic N) is 1. The summed E-state index contributed by atoms with van der Waals surface area (Å²) in [4.78, 5) is 14.2. The maximum atomic E-state index is 11.7. The number of benzene rings is 2. The Morgan fingerprint density at radius 3 is 2.96 bits per heavy atom. The molecule has 0 saturated heterocycles. The first kappa shape index (κ1) is 18.8. The second kappa shape index (κ2) is 8.19. The van der Waals surface area contributed by atoms with Crippen molar-refractivity contribution in [3.05, 3.63) is 75.8 Å². The zero-order chi connectivity index (χ0) is 19.5. The number of hydrogen-bond donors (Lipinski definition) is 0. The van der Waals surface area contributed by atoms with Crippen molar-refractivity contribution >= 4 is 10.8 Å². The predicted molar refractivity (Wildman–Crippen MR) is 112 cm³/mol. The van der Waals surface area contributed by atoms with Gasteiger partial charge in [0.1, 0.15) is 5.75 Å². The Bertz CT molecular complexity index is 1020. The molecule has 1 aliphatic rings. The monoisotopic (exact) mass is 377 g/mol. The summed E-state index contributed by atoms with van der Waals surface area (Å²) >= 11 is 0. The topological polar surface area (TPSA) is 42.7 Å². The van der Waals surface area contributed by atoms with Gasteiger partial charge in [-0.05, 0) is 78.9 Å². The van der Waals surface area contributed by atoms with Crippen LogP contribution in [-0.2, 0) is 12.8 Å². The largest absolute Gasteiger partial charge is 0.496 e. The summed E-state index contributed by atoms with van der Waals surface area (Å²) in [5, 5.41) is 1.59. The molecule has 4 heteroatoms. The second-order valence-corrected chi connectivity index (χ2v) is 7.76. The molecular formula is C24H27NO3. The van der Waals surface area contributed by atoms with Crippen LogP contribution in [0.25, 0.3) is 10.8 Å². The summed E-state index contributed by atoms with van der Waals surface area (Å²) in [5.74, 6) is 1.59. The van der Waals surface area contributed by atoms with Crippen LogP contribution in [0.5, 0.6) is 5.75 Å². The maximum Gasteiger partial charge on any atom is 0.343 e. The van der Waals surface area contributed by atoms with E-state index in [-0.39, 0.29) is 5.63 Å². The molecule has 0 fully saturated rings. The highest BCUT2D eigenvalue weighted by Gasteiger charge is 2.23. The Kier molecular flexibility index (Phi) is 5.49. The van der Waals surface area contributed by atoms with Crippen LogP contribution in [-0.4, -0.2) is 32.1 Å². The molecule has 3 aromatic rings. The number of ether oxygens (including phenoxy) is 1. The fourth-order valence-electron chi connectivity index (χ4n) is 4.41. The third-order valence-electron chi connectivity index (χ3n) is 5.88. The highest BCUT2D eigenvalue weighted by molar-refractivity contribution is 5.81. The molecule has 1 aliphatic carbocycles. The van der Waals surface area contributed by atoms with Gasteiger partial charge in [0.25, 0.3) is 0 Å². The normalized spacial score (nSPS) is 16.3. The number of likely N-dealkylation sites (N-methyl/N-ethyl adjacent to an activating group) is 1. The molecule has 146 valence electrons. The third-order valence-corrected chi connectivity index (χ3v) is 5.88. The van der Waals surface area contributed by atoms with Crippen molar-refractivity contribution in [3.8, 4) is 5.75 Å². The van der Waals surface area contributed by atoms with Gasteiger partial charge in [-0.1, -0.05) is 24.3 Å². The molecule has 0 saturated carbocycles. The molecule has 28 heavy (non-hydrogen) atoms. The molecule has 0 aliphatic heterocycles. The van der Waals surface area contributed by atoms with E-state index in [1.54, 1.807) is 7.11 Å². The molecule has 1 unspecified atom stereocenters. The van der Waals surface area contributed by atoms with Gasteiger partial charge in [-0.25, -0.2) is 4.79 Å². The lowest BCUT2D eigenvalue weighted by Gasteiger charge is -2.30. The van der Waals surface area contributed by atoms with Crippen LogP contribution in [0.2, 0.25) is 0 Å². The van der Waals surface area contributed by atoms with Crippen LogP contribution >= 0.6 is 0 Å². The highest BCUT2D eigenvalue weighted by atomic mass is 16.5. The molecule has 1 heterocycles. The van der Waals surface area contributed by atoms with Crippen molar-refractivity contribution in [1.29, 1.82) is 0 Å². The van der Waals surface area contributed by atoms with Gasteiger partial charge in [-0.15, -0.1) is 0 Å². The highest BCUT2D eigenvalue weighted by Crippen LogP contribution is 2.36. The average molecular weight is 377 g/mol. The number of methoxy groups -OCH3 is 1. The number of rotatable bonds is 6. The quantitative estimate of drug-likeness (QED) is 0.639. The minimum atomic E-state index is -0.271. The molecule has 4 nitrogen and oxygen atoms in total. The van der Waals surface area contributed by atoms with Crippen molar-refractivity contribution in [3.63, 3.8) is 0 Å². The first-order valence-corrected chi connectivity index (χ1v) is 10.0. The molecule has 0 bridgehead atoms. The third kappa shape index (κ3) is 3.83. The van der Waals surface area contributed by atoms with Crippen molar-refractivity contribution in [2.45, 2.75) is 31.6 Å². The molecule has 0 radical (unpaired) electrons. The SMILES string of the molecule is COc1cccc2c1CCCC2CN(C)CCc1ccc2c(=O)occc2c1. The van der Waals surface area contributed by atoms with Crippen molar-refractivity contribution in [1.82, 2.24) is 4.90 Å². The van der Waals surface area contributed by atoms with Crippen LogP contribution in [0.4, 0.5) is 0 Å². The standard InChI is InChI=1S/C24H27NO3/c1-25(13-11-17-9-10-21-18(15-17)12-14-28-24(21)26)16-19-5-3-7-22-20(19)6-4-8-23(22)27-2/h4,6,8-10,12,14-15,19H,3,5,7,11,13,16H2,1-2H3. The Morgan fingerprint density at radius 2 is 2.11 bits per heavy atom. The minimum absolute atomic E-state index is 0.271. The summed E-state index contributed by atoms with van der Waals surface area (Å²) in [6.45, 7) is 2.04. The minimum Gasteiger partial charge on any atom is -0.496 e. The van der Waals surface area contributed by atoms with E-state index in [0.29, 0.717) is 11.3 Å². The van der Waals surface area contributed by atoms with E-state index in [2.05, 4.69) is 36.2 Å². The fourth-order valence-corrected chi connectivity index (χ4v) is 4.41. The Hall–Kier alpha value is -2.59. The predicted octanol–water partition coefficient (Wildman–Crippen LogP) is 4.40. The zero-order valence-corrected chi connectivity index (χ0v) is 16.6. The molecule has 1 aromatic heterocycles. The summed E-state index contributed by atoms with van der Waals surface area (Å²) in [6, 6.07) is 14.3. The second-order valence-electron chi connectivity index (χ2n) is 7.76. The van der Waals surface area contributed by atoms with Crippen LogP contribution in [0.3, 0.4) is 0 Å². The molecule has 0 N–H and O–H groups in total. The van der Waals surface area contributed by atoms with E-state index in [1.807, 2.05) is 18.2 Å². The average Bonchev–Trinajstić information content (AvgIpc) is 2.72. The van der Waals surface area contributed by atoms with Gasteiger partial charge in [-0.2, -0.15) is 0 Å². The van der Waals surface area contributed by atoms with Crippen molar-refractivity contribution < 1.29 is 9.15 Å². The van der Waals surface area contributed by atoms with Gasteiger partial charge in [0.15, 0.2) is 0 Å². The van der Waals surface area contributed by atoms with Gasteiger partial charge in [-0.3, -0.25) is 0 Å². The summed E-state index contributed by atoms with van der Waals surface area (Å²) in [6.07, 6.45) is 6.00. The summed E-state index contributed by atoms with van der Waals surface area (Å²) in [7, 11) is 3.96. The van der Waals surface area contributed by atoms with Gasteiger partial charge in [0.05, 0.1) is 18.8 Å². The van der Waals surface area contributed by atoms with E-state index in [4.69, 9.17) is 9.15 Å². The lowest BCUT2D eigenvalue weighted by Crippen LogP contribution is -2.28. The van der Waals surface area contributed by atoms with E-state index in [1.165, 1.54) is 35.8 Å². The number of hydrogen-bond acceptors (Lipinski definition) is 4. The van der Waals surface area contributed by atoms with Gasteiger partial charge >= 0.3 is 5.63 Å². The van der Waals surface area contributed by atoms with Crippen LogP contribution in [0, 0.1) is 0 Å². The molecule has 2 aromatic carbocycles. The summed E-state index contributed by atoms with van der Waals surface area (Å²) < 4.78 is 10.5. The van der Waals surface area contributed by atoms with Gasteiger partial charge in [0.2, 0.25) is 0 Å². The first-order chi connectivity index (χ1) is 13.7. The fraction of sp³-hybridized carbons (Fsp3) is 0.375. The first-order valence-electron chi connectivity index (χ1n) is 10.0. The molecular weight excluding hydrogens is 350 g/mol.